The van der Waals surface area contributed by atoms with E-state index in [9.17, 15) is 27.9 Å². The van der Waals surface area contributed by atoms with Gasteiger partial charge in [-0.15, -0.1) is 0 Å². The van der Waals surface area contributed by atoms with Gasteiger partial charge in [-0.25, -0.2) is 4.79 Å². The summed E-state index contributed by atoms with van der Waals surface area (Å²) in [4.78, 5) is 24.4. The van der Waals surface area contributed by atoms with Crippen molar-refractivity contribution < 1.29 is 37.3 Å². The molecule has 2 aliphatic heterocycles. The van der Waals surface area contributed by atoms with Crippen molar-refractivity contribution in [3.05, 3.63) is 58.1 Å². The molecule has 2 heterocycles. The number of carboxylic acids is 1. The van der Waals surface area contributed by atoms with E-state index in [1.807, 2.05) is 0 Å². The summed E-state index contributed by atoms with van der Waals surface area (Å²) in [5.74, 6) is -2.00. The fourth-order valence-corrected chi connectivity index (χ4v) is 3.29. The molecular formula is C21H19ClF3NO5. The first-order chi connectivity index (χ1) is 14.6. The zero-order valence-electron chi connectivity index (χ0n) is 16.2. The predicted molar refractivity (Wildman–Crippen MR) is 106 cm³/mol. The number of ether oxygens (including phenoxy) is 2. The van der Waals surface area contributed by atoms with Crippen LogP contribution in [0.15, 0.2) is 36.4 Å². The maximum absolute atomic E-state index is 13.1. The van der Waals surface area contributed by atoms with Gasteiger partial charge in [-0.3, -0.25) is 4.79 Å². The molecule has 4 rings (SSSR count). The summed E-state index contributed by atoms with van der Waals surface area (Å²) in [7, 11) is 0. The van der Waals surface area contributed by atoms with Gasteiger partial charge in [-0.2, -0.15) is 13.2 Å². The van der Waals surface area contributed by atoms with Crippen molar-refractivity contribution in [2.75, 3.05) is 13.2 Å². The van der Waals surface area contributed by atoms with Crippen LogP contribution < -0.4 is 14.8 Å². The van der Waals surface area contributed by atoms with E-state index in [1.165, 1.54) is 0 Å². The second kappa shape index (κ2) is 9.47. The van der Waals surface area contributed by atoms with E-state index in [0.29, 0.717) is 35.8 Å². The Morgan fingerprint density at radius 2 is 1.74 bits per heavy atom. The van der Waals surface area contributed by atoms with E-state index >= 15 is 0 Å². The van der Waals surface area contributed by atoms with Crippen LogP contribution in [-0.2, 0) is 17.4 Å². The minimum atomic E-state index is -4.62. The van der Waals surface area contributed by atoms with Crippen LogP contribution in [0.25, 0.3) is 0 Å². The average Bonchev–Trinajstić information content (AvgIpc) is 2.69. The van der Waals surface area contributed by atoms with Crippen LogP contribution in [0.3, 0.4) is 0 Å². The van der Waals surface area contributed by atoms with Gasteiger partial charge in [0.15, 0.2) is 0 Å². The Morgan fingerprint density at radius 1 is 1.06 bits per heavy atom. The van der Waals surface area contributed by atoms with Crippen molar-refractivity contribution in [3.63, 3.8) is 0 Å². The van der Waals surface area contributed by atoms with Gasteiger partial charge in [-0.05, 0) is 48.7 Å². The molecule has 2 aliphatic rings. The molecule has 166 valence electrons. The molecule has 6 nitrogen and oxygen atoms in total. The van der Waals surface area contributed by atoms with E-state index in [1.54, 1.807) is 18.2 Å². The third-order valence-electron chi connectivity index (χ3n) is 4.65. The molecule has 2 N–H and O–H groups in total. The minimum Gasteiger partial charge on any atom is -0.493 e. The van der Waals surface area contributed by atoms with Crippen LogP contribution in [-0.4, -0.2) is 36.2 Å². The Balaban J connectivity index is 1.95. The smallest absolute Gasteiger partial charge is 0.416 e. The average molecular weight is 458 g/mol. The number of fused-ring (bicyclic) bond motifs is 10. The molecule has 0 fully saturated rings. The zero-order chi connectivity index (χ0) is 22.6. The Kier molecular flexibility index (Phi) is 6.94. The summed E-state index contributed by atoms with van der Waals surface area (Å²) in [6.45, 7) is 0.343. The first-order valence-corrected chi connectivity index (χ1v) is 9.82. The van der Waals surface area contributed by atoms with Crippen molar-refractivity contribution in [3.8, 4) is 11.5 Å². The number of aliphatic carboxylic acids is 1. The number of carbonyl (C=O) groups excluding carboxylic acids is 1. The fraction of sp³-hybridized carbons (Fsp3) is 0.333. The van der Waals surface area contributed by atoms with Gasteiger partial charge in [0.1, 0.15) is 17.5 Å². The molecule has 0 spiro atoms. The van der Waals surface area contributed by atoms with Gasteiger partial charge in [0.05, 0.1) is 29.4 Å². The number of carbonyl (C=O) groups is 2. The maximum atomic E-state index is 13.1. The standard InChI is InChI=1S/C21H19ClF3NO5/c22-15-9-12-3-6-17(15)30-7-1-2-8-31-18-11-13(21(23,24)25)4-5-14(18)19(27)26-16(10-12)20(28)29/h3-6,9,11,16H,1-2,7-8,10H2,(H,26,27)(H,28,29)/t16-/m0/s1. The number of amides is 1. The number of hydrogen-bond acceptors (Lipinski definition) is 4. The van der Waals surface area contributed by atoms with Gasteiger partial charge in [0.2, 0.25) is 0 Å². The number of nitrogens with one attached hydrogen (secondary N) is 1. The van der Waals surface area contributed by atoms with Gasteiger partial charge in [0.25, 0.3) is 5.91 Å². The Labute approximate surface area is 180 Å². The van der Waals surface area contributed by atoms with Crippen molar-refractivity contribution in [2.24, 2.45) is 0 Å². The Hall–Kier alpha value is -2.94. The summed E-state index contributed by atoms with van der Waals surface area (Å²) in [5.41, 5.74) is -0.613. The second-order valence-corrected chi connectivity index (χ2v) is 7.35. The lowest BCUT2D eigenvalue weighted by Gasteiger charge is -2.19. The first kappa shape index (κ1) is 22.7. The first-order valence-electron chi connectivity index (χ1n) is 9.44. The lowest BCUT2D eigenvalue weighted by Crippen LogP contribution is -2.42. The highest BCUT2D eigenvalue weighted by atomic mass is 35.5. The lowest BCUT2D eigenvalue weighted by atomic mass is 10.0. The van der Waals surface area contributed by atoms with Gasteiger partial charge < -0.3 is 19.9 Å². The molecule has 0 aromatic heterocycles. The summed E-state index contributed by atoms with van der Waals surface area (Å²) in [6.07, 6.45) is -3.71. The third-order valence-corrected chi connectivity index (χ3v) is 4.94. The van der Waals surface area contributed by atoms with Crippen LogP contribution in [0.5, 0.6) is 11.5 Å². The maximum Gasteiger partial charge on any atom is 0.416 e. The highest BCUT2D eigenvalue weighted by Gasteiger charge is 2.32. The Morgan fingerprint density at radius 3 is 2.35 bits per heavy atom. The molecular weight excluding hydrogens is 439 g/mol. The lowest BCUT2D eigenvalue weighted by molar-refractivity contribution is -0.139. The molecule has 2 aromatic rings. The number of benzene rings is 2. The summed E-state index contributed by atoms with van der Waals surface area (Å²) in [6, 6.07) is 5.95. The third kappa shape index (κ3) is 5.81. The summed E-state index contributed by atoms with van der Waals surface area (Å²) < 4.78 is 50.3. The quantitative estimate of drug-likeness (QED) is 0.665. The van der Waals surface area contributed by atoms with Crippen molar-refractivity contribution in [2.45, 2.75) is 31.5 Å². The highest BCUT2D eigenvalue weighted by molar-refractivity contribution is 6.32. The SMILES string of the molecule is O=C1N[C@H](C(=O)O)Cc2ccc(c(Cl)c2)OCCCCOc2cc(C(F)(F)F)ccc21. The zero-order valence-corrected chi connectivity index (χ0v) is 16.9. The largest absolute Gasteiger partial charge is 0.493 e. The predicted octanol–water partition coefficient (Wildman–Crippen LogP) is 4.34. The van der Waals surface area contributed by atoms with Crippen LogP contribution in [0.1, 0.15) is 34.3 Å². The minimum absolute atomic E-state index is 0.0416. The highest BCUT2D eigenvalue weighted by Crippen LogP contribution is 2.33. The molecule has 2 aromatic carbocycles. The normalized spacial score (nSPS) is 17.8. The molecule has 1 amide bonds. The van der Waals surface area contributed by atoms with Gasteiger partial charge in [-0.1, -0.05) is 17.7 Å². The van der Waals surface area contributed by atoms with E-state index in [0.717, 1.165) is 18.2 Å². The number of halogens is 4. The number of carboxylic acid groups (broad SMARTS) is 1. The topological polar surface area (TPSA) is 84.9 Å². The summed E-state index contributed by atoms with van der Waals surface area (Å²) in [5, 5.41) is 12.2. The molecule has 10 heteroatoms. The molecule has 2 bridgehead atoms. The van der Waals surface area contributed by atoms with Crippen LogP contribution in [0.4, 0.5) is 13.2 Å². The number of alkyl halides is 3. The second-order valence-electron chi connectivity index (χ2n) is 6.95. The molecule has 0 saturated heterocycles. The molecule has 31 heavy (non-hydrogen) atoms. The van der Waals surface area contributed by atoms with Crippen molar-refractivity contribution in [1.82, 2.24) is 5.32 Å². The van der Waals surface area contributed by atoms with Crippen LogP contribution >= 0.6 is 11.6 Å². The molecule has 0 unspecified atom stereocenters. The number of rotatable bonds is 1. The van der Waals surface area contributed by atoms with Gasteiger partial charge in [0, 0.05) is 6.42 Å². The Bertz CT molecular complexity index is 980. The van der Waals surface area contributed by atoms with E-state index < -0.39 is 29.7 Å². The fourth-order valence-electron chi connectivity index (χ4n) is 3.03. The van der Waals surface area contributed by atoms with Crippen molar-refractivity contribution in [1.29, 1.82) is 0 Å². The summed E-state index contributed by atoms with van der Waals surface area (Å²) >= 11 is 6.19. The monoisotopic (exact) mass is 457 g/mol. The van der Waals surface area contributed by atoms with E-state index in [2.05, 4.69) is 5.32 Å². The molecule has 1 atom stereocenters. The van der Waals surface area contributed by atoms with Crippen molar-refractivity contribution >= 4 is 23.5 Å². The van der Waals surface area contributed by atoms with Crippen LogP contribution in [0, 0.1) is 0 Å². The molecule has 0 saturated carbocycles. The molecule has 0 aliphatic carbocycles. The van der Waals surface area contributed by atoms with Crippen LogP contribution in [0.2, 0.25) is 5.02 Å². The number of hydrogen-bond donors (Lipinski definition) is 2. The van der Waals surface area contributed by atoms with E-state index in [4.69, 9.17) is 21.1 Å². The van der Waals surface area contributed by atoms with Gasteiger partial charge >= 0.3 is 12.1 Å². The van der Waals surface area contributed by atoms with E-state index in [-0.39, 0.29) is 24.3 Å². The molecule has 0 radical (unpaired) electrons.